The Morgan fingerprint density at radius 3 is 2.31 bits per heavy atom. The van der Waals surface area contributed by atoms with Gasteiger partial charge in [-0.15, -0.1) is 0 Å². The van der Waals surface area contributed by atoms with Crippen LogP contribution in [-0.4, -0.2) is 11.8 Å². The van der Waals surface area contributed by atoms with E-state index in [2.05, 4.69) is 10.9 Å². The van der Waals surface area contributed by atoms with E-state index in [-0.39, 0.29) is 5.82 Å². The Kier molecular flexibility index (Phi) is 6.73. The van der Waals surface area contributed by atoms with Gasteiger partial charge in [0, 0.05) is 6.08 Å². The van der Waals surface area contributed by atoms with Crippen molar-refractivity contribution in [2.24, 2.45) is 0 Å². The standard InChI is InChI=1S/C23H19FN2O3/c24-19-13-10-17(11-14-19)12-15-22(27)25-26-23(28)20-8-4-5-9-21(20)29-16-18-6-2-1-3-7-18/h1-15H,16H2,(H,25,27)(H,26,28)/b15-12+. The number of benzene rings is 3. The zero-order valence-electron chi connectivity index (χ0n) is 15.5. The molecule has 0 radical (unpaired) electrons. The van der Waals surface area contributed by atoms with Crippen molar-refractivity contribution in [3.05, 3.63) is 107 Å². The van der Waals surface area contributed by atoms with E-state index < -0.39 is 11.8 Å². The smallest absolute Gasteiger partial charge is 0.273 e. The third kappa shape index (κ3) is 6.04. The SMILES string of the molecule is O=C(/C=C/c1ccc(F)cc1)NNC(=O)c1ccccc1OCc1ccccc1. The van der Waals surface area contributed by atoms with Crippen LogP contribution in [0.2, 0.25) is 0 Å². The number of para-hydroxylation sites is 1. The first-order valence-corrected chi connectivity index (χ1v) is 8.91. The van der Waals surface area contributed by atoms with Gasteiger partial charge >= 0.3 is 0 Å². The molecule has 3 aromatic carbocycles. The average Bonchev–Trinajstić information content (AvgIpc) is 2.76. The van der Waals surface area contributed by atoms with Crippen LogP contribution >= 0.6 is 0 Å². The molecule has 0 saturated carbocycles. The number of carbonyl (C=O) groups excluding carboxylic acids is 2. The lowest BCUT2D eigenvalue weighted by atomic mass is 10.2. The van der Waals surface area contributed by atoms with E-state index in [9.17, 15) is 14.0 Å². The van der Waals surface area contributed by atoms with Crippen molar-refractivity contribution in [2.75, 3.05) is 0 Å². The van der Waals surface area contributed by atoms with Gasteiger partial charge < -0.3 is 4.74 Å². The summed E-state index contributed by atoms with van der Waals surface area (Å²) in [5.41, 5.74) is 6.59. The first kappa shape index (κ1) is 19.8. The summed E-state index contributed by atoms with van der Waals surface area (Å²) in [4.78, 5) is 24.3. The molecule has 0 atom stereocenters. The van der Waals surface area contributed by atoms with Crippen LogP contribution in [0.25, 0.3) is 6.08 Å². The molecule has 0 aliphatic carbocycles. The van der Waals surface area contributed by atoms with Crippen molar-refractivity contribution in [3.63, 3.8) is 0 Å². The van der Waals surface area contributed by atoms with Crippen molar-refractivity contribution in [1.82, 2.24) is 10.9 Å². The summed E-state index contributed by atoms with van der Waals surface area (Å²) in [5, 5.41) is 0. The summed E-state index contributed by atoms with van der Waals surface area (Å²) in [6.45, 7) is 0.317. The van der Waals surface area contributed by atoms with E-state index in [1.807, 2.05) is 30.3 Å². The van der Waals surface area contributed by atoms with Gasteiger partial charge in [-0.1, -0.05) is 54.6 Å². The summed E-state index contributed by atoms with van der Waals surface area (Å²) in [7, 11) is 0. The molecule has 0 unspecified atom stereocenters. The largest absolute Gasteiger partial charge is 0.488 e. The number of hydrogen-bond acceptors (Lipinski definition) is 3. The first-order chi connectivity index (χ1) is 14.1. The molecule has 0 aromatic heterocycles. The fourth-order valence-electron chi connectivity index (χ4n) is 2.49. The Hall–Kier alpha value is -3.93. The summed E-state index contributed by atoms with van der Waals surface area (Å²) < 4.78 is 18.6. The van der Waals surface area contributed by atoms with E-state index in [1.165, 1.54) is 36.4 Å². The summed E-state index contributed by atoms with van der Waals surface area (Å²) >= 11 is 0. The molecule has 0 bridgehead atoms. The van der Waals surface area contributed by atoms with Crippen LogP contribution in [0.3, 0.4) is 0 Å². The predicted octanol–water partition coefficient (Wildman–Crippen LogP) is 3.88. The fourth-order valence-corrected chi connectivity index (χ4v) is 2.49. The third-order valence-electron chi connectivity index (χ3n) is 3.97. The molecule has 0 saturated heterocycles. The molecule has 2 amide bonds. The second kappa shape index (κ2) is 9.85. The molecule has 2 N–H and O–H groups in total. The number of amides is 2. The van der Waals surface area contributed by atoms with Crippen LogP contribution in [0.4, 0.5) is 4.39 Å². The number of rotatable bonds is 6. The van der Waals surface area contributed by atoms with Crippen LogP contribution < -0.4 is 15.6 Å². The van der Waals surface area contributed by atoms with E-state index in [4.69, 9.17) is 4.74 Å². The van der Waals surface area contributed by atoms with Gasteiger partial charge in [0.2, 0.25) is 0 Å². The van der Waals surface area contributed by atoms with Gasteiger partial charge in [0.15, 0.2) is 0 Å². The minimum atomic E-state index is -0.523. The maximum atomic E-state index is 12.9. The van der Waals surface area contributed by atoms with Gasteiger partial charge in [0.1, 0.15) is 18.2 Å². The van der Waals surface area contributed by atoms with E-state index in [0.717, 1.165) is 5.56 Å². The summed E-state index contributed by atoms with van der Waals surface area (Å²) in [6.07, 6.45) is 2.75. The van der Waals surface area contributed by atoms with Crippen LogP contribution in [0.1, 0.15) is 21.5 Å². The van der Waals surface area contributed by atoms with Crippen molar-refractivity contribution in [2.45, 2.75) is 6.61 Å². The van der Waals surface area contributed by atoms with E-state index >= 15 is 0 Å². The molecular weight excluding hydrogens is 371 g/mol. The van der Waals surface area contributed by atoms with Crippen LogP contribution in [0.15, 0.2) is 84.9 Å². The maximum Gasteiger partial charge on any atom is 0.273 e. The van der Waals surface area contributed by atoms with Crippen molar-refractivity contribution < 1.29 is 18.7 Å². The van der Waals surface area contributed by atoms with Gasteiger partial charge in [0.05, 0.1) is 5.56 Å². The lowest BCUT2D eigenvalue weighted by molar-refractivity contribution is -0.117. The number of hydrogen-bond donors (Lipinski definition) is 2. The second-order valence-corrected chi connectivity index (χ2v) is 6.10. The molecular formula is C23H19FN2O3. The number of halogens is 1. The van der Waals surface area contributed by atoms with Gasteiger partial charge in [-0.2, -0.15) is 0 Å². The molecule has 146 valence electrons. The minimum Gasteiger partial charge on any atom is -0.488 e. The molecule has 3 aromatic rings. The van der Waals surface area contributed by atoms with Crippen LogP contribution in [0, 0.1) is 5.82 Å². The molecule has 0 heterocycles. The Labute approximate surface area is 167 Å². The molecule has 6 heteroatoms. The maximum absolute atomic E-state index is 12.9. The normalized spacial score (nSPS) is 10.5. The van der Waals surface area contributed by atoms with E-state index in [1.54, 1.807) is 24.3 Å². The highest BCUT2D eigenvalue weighted by Gasteiger charge is 2.12. The highest BCUT2D eigenvalue weighted by molar-refractivity contribution is 5.99. The Morgan fingerprint density at radius 1 is 0.862 bits per heavy atom. The summed E-state index contributed by atoms with van der Waals surface area (Å²) in [5.74, 6) is -0.973. The van der Waals surface area contributed by atoms with E-state index in [0.29, 0.717) is 23.5 Å². The zero-order chi connectivity index (χ0) is 20.5. The van der Waals surface area contributed by atoms with Gasteiger partial charge in [-0.3, -0.25) is 20.4 Å². The van der Waals surface area contributed by atoms with Crippen molar-refractivity contribution in [1.29, 1.82) is 0 Å². The van der Waals surface area contributed by atoms with Gasteiger partial charge in [0.25, 0.3) is 11.8 Å². The summed E-state index contributed by atoms with van der Waals surface area (Å²) in [6, 6.07) is 22.0. The van der Waals surface area contributed by atoms with Gasteiger partial charge in [-0.25, -0.2) is 4.39 Å². The number of hydrazine groups is 1. The first-order valence-electron chi connectivity index (χ1n) is 8.91. The molecule has 29 heavy (non-hydrogen) atoms. The highest BCUT2D eigenvalue weighted by Crippen LogP contribution is 2.19. The Balaban J connectivity index is 1.56. The van der Waals surface area contributed by atoms with Gasteiger partial charge in [-0.05, 0) is 41.5 Å². The van der Waals surface area contributed by atoms with Crippen molar-refractivity contribution >= 4 is 17.9 Å². The number of carbonyl (C=O) groups is 2. The van der Waals surface area contributed by atoms with Crippen molar-refractivity contribution in [3.8, 4) is 5.75 Å². The highest BCUT2D eigenvalue weighted by atomic mass is 19.1. The fraction of sp³-hybridized carbons (Fsp3) is 0.0435. The number of ether oxygens (including phenoxy) is 1. The molecule has 0 aliphatic heterocycles. The van der Waals surface area contributed by atoms with Crippen LogP contribution in [-0.2, 0) is 11.4 Å². The average molecular weight is 390 g/mol. The molecule has 0 aliphatic rings. The lowest BCUT2D eigenvalue weighted by Gasteiger charge is -2.12. The molecule has 0 fully saturated rings. The third-order valence-corrected chi connectivity index (χ3v) is 3.97. The molecule has 3 rings (SSSR count). The predicted molar refractivity (Wildman–Crippen MR) is 108 cm³/mol. The topological polar surface area (TPSA) is 67.4 Å². The quantitative estimate of drug-likeness (QED) is 0.496. The van der Waals surface area contributed by atoms with Crippen LogP contribution in [0.5, 0.6) is 5.75 Å². The monoisotopic (exact) mass is 390 g/mol. The zero-order valence-corrected chi connectivity index (χ0v) is 15.5. The second-order valence-electron chi connectivity index (χ2n) is 6.10. The molecule has 0 spiro atoms. The Bertz CT molecular complexity index is 1000. The Morgan fingerprint density at radius 2 is 1.55 bits per heavy atom. The minimum absolute atomic E-state index is 0.297. The molecule has 5 nitrogen and oxygen atoms in total. The number of nitrogens with one attached hydrogen (secondary N) is 2. The lowest BCUT2D eigenvalue weighted by Crippen LogP contribution is -2.40.